The number of Topliss-reactive ketones (excluding diaryl/α,β-unsaturated/α-hetero) is 1. The summed E-state index contributed by atoms with van der Waals surface area (Å²) >= 11 is 0. The van der Waals surface area contributed by atoms with E-state index in [1.807, 2.05) is 34.6 Å². The summed E-state index contributed by atoms with van der Waals surface area (Å²) in [6.07, 6.45) is 0.723. The summed E-state index contributed by atoms with van der Waals surface area (Å²) in [5, 5.41) is 3.02. The van der Waals surface area contributed by atoms with Gasteiger partial charge in [-0.2, -0.15) is 0 Å². The van der Waals surface area contributed by atoms with Gasteiger partial charge in [0.25, 0.3) is 0 Å². The van der Waals surface area contributed by atoms with Crippen molar-refractivity contribution in [2.75, 3.05) is 6.54 Å². The van der Waals surface area contributed by atoms with Crippen molar-refractivity contribution in [1.82, 2.24) is 5.32 Å². The molecule has 1 aliphatic rings. The molecular weight excluding hydrogens is 138 g/mol. The number of hydrogen-bond acceptors (Lipinski definition) is 2. The normalized spacial score (nSPS) is 21.2. The summed E-state index contributed by atoms with van der Waals surface area (Å²) in [5.41, 5.74) is 0. The molecule has 0 aromatic heterocycles. The third kappa shape index (κ3) is 6.05. The first-order chi connectivity index (χ1) is 5.30. The molecule has 68 valence electrons. The first-order valence-corrected chi connectivity index (χ1v) is 4.57. The fourth-order valence-electron chi connectivity index (χ4n) is 0.742. The lowest BCUT2D eigenvalue weighted by molar-refractivity contribution is -0.118. The minimum absolute atomic E-state index is 0.125. The Kier molecular flexibility index (Phi) is 11.6. The molecule has 0 radical (unpaired) electrons. The van der Waals surface area contributed by atoms with Gasteiger partial charge in [0, 0.05) is 13.0 Å². The molecule has 1 fully saturated rings. The molecule has 1 N–H and O–H groups in total. The summed E-state index contributed by atoms with van der Waals surface area (Å²) in [5.74, 6) is 0.347. The third-order valence-electron chi connectivity index (χ3n) is 1.30. The highest BCUT2D eigenvalue weighted by atomic mass is 16.1. The van der Waals surface area contributed by atoms with Gasteiger partial charge >= 0.3 is 0 Å². The quantitative estimate of drug-likeness (QED) is 0.585. The second-order valence-electron chi connectivity index (χ2n) is 1.89. The van der Waals surface area contributed by atoms with E-state index >= 15 is 0 Å². The molecule has 1 saturated heterocycles. The van der Waals surface area contributed by atoms with Gasteiger partial charge in [-0.3, -0.25) is 4.79 Å². The zero-order chi connectivity index (χ0) is 9.28. The molecule has 11 heavy (non-hydrogen) atoms. The van der Waals surface area contributed by atoms with Crippen LogP contribution in [0.2, 0.25) is 0 Å². The second kappa shape index (κ2) is 9.63. The van der Waals surface area contributed by atoms with Gasteiger partial charge in [-0.1, -0.05) is 27.7 Å². The van der Waals surface area contributed by atoms with Crippen molar-refractivity contribution >= 4 is 5.78 Å². The van der Waals surface area contributed by atoms with Crippen molar-refractivity contribution in [3.63, 3.8) is 0 Å². The van der Waals surface area contributed by atoms with Crippen LogP contribution in [0.3, 0.4) is 0 Å². The number of ketones is 1. The largest absolute Gasteiger partial charge is 0.307 e. The molecule has 1 aliphatic heterocycles. The molecule has 0 aliphatic carbocycles. The van der Waals surface area contributed by atoms with Gasteiger partial charge in [0.15, 0.2) is 5.78 Å². The van der Waals surface area contributed by atoms with Crippen molar-refractivity contribution in [2.45, 2.75) is 47.1 Å². The highest BCUT2D eigenvalue weighted by Crippen LogP contribution is 1.96. The summed E-state index contributed by atoms with van der Waals surface area (Å²) < 4.78 is 0. The predicted molar refractivity (Wildman–Crippen MR) is 49.8 cm³/mol. The smallest absolute Gasteiger partial charge is 0.150 e. The zero-order valence-corrected chi connectivity index (χ0v) is 8.40. The Hall–Kier alpha value is -0.370. The van der Waals surface area contributed by atoms with E-state index in [0.717, 1.165) is 13.0 Å². The fraction of sp³-hybridized carbons (Fsp3) is 0.889. The first-order valence-electron chi connectivity index (χ1n) is 4.57. The van der Waals surface area contributed by atoms with Crippen LogP contribution in [0.4, 0.5) is 0 Å². The van der Waals surface area contributed by atoms with Gasteiger partial charge in [0.1, 0.15) is 0 Å². The van der Waals surface area contributed by atoms with Gasteiger partial charge in [-0.15, -0.1) is 0 Å². The Bertz CT molecular complexity index is 91.6. The molecule has 1 atom stereocenters. The fourth-order valence-corrected chi connectivity index (χ4v) is 0.742. The van der Waals surface area contributed by atoms with Crippen LogP contribution in [0.5, 0.6) is 0 Å². The van der Waals surface area contributed by atoms with Gasteiger partial charge in [-0.05, 0) is 6.92 Å². The molecule has 0 saturated carbocycles. The maximum absolute atomic E-state index is 10.5. The van der Waals surface area contributed by atoms with E-state index in [-0.39, 0.29) is 6.04 Å². The summed E-state index contributed by atoms with van der Waals surface area (Å²) in [7, 11) is 0. The number of carbonyl (C=O) groups excluding carboxylic acids is 1. The molecule has 1 unspecified atom stereocenters. The number of hydrogen-bond donors (Lipinski definition) is 1. The Balaban J connectivity index is 0. The maximum Gasteiger partial charge on any atom is 0.150 e. The standard InChI is InChI=1S/C5H9NO.2C2H6/c1-4-5(7)2-3-6-4;2*1-2/h4,6H,2-3H2,1H3;2*1-2H3. The molecule has 0 aromatic rings. The summed E-state index contributed by atoms with van der Waals surface area (Å²) in [6, 6.07) is 0.125. The van der Waals surface area contributed by atoms with Crippen molar-refractivity contribution in [1.29, 1.82) is 0 Å². The molecule has 0 amide bonds. The number of rotatable bonds is 0. The van der Waals surface area contributed by atoms with Crippen LogP contribution in [0.15, 0.2) is 0 Å². The van der Waals surface area contributed by atoms with Crippen LogP contribution in [-0.2, 0) is 4.79 Å². The lowest BCUT2D eigenvalue weighted by atomic mass is 10.2. The molecule has 1 rings (SSSR count). The van der Waals surface area contributed by atoms with E-state index in [2.05, 4.69) is 5.32 Å². The van der Waals surface area contributed by atoms with Crippen LogP contribution in [0.1, 0.15) is 41.0 Å². The molecule has 0 aromatic carbocycles. The topological polar surface area (TPSA) is 29.1 Å². The van der Waals surface area contributed by atoms with Crippen molar-refractivity contribution < 1.29 is 4.79 Å². The molecule has 1 heterocycles. The maximum atomic E-state index is 10.5. The summed E-state index contributed by atoms with van der Waals surface area (Å²) in [4.78, 5) is 10.5. The van der Waals surface area contributed by atoms with Gasteiger partial charge in [-0.25, -0.2) is 0 Å². The monoisotopic (exact) mass is 159 g/mol. The van der Waals surface area contributed by atoms with Crippen molar-refractivity contribution in [2.24, 2.45) is 0 Å². The molecule has 0 spiro atoms. The van der Waals surface area contributed by atoms with Crippen LogP contribution < -0.4 is 5.32 Å². The van der Waals surface area contributed by atoms with Gasteiger partial charge in [0.05, 0.1) is 6.04 Å². The van der Waals surface area contributed by atoms with Gasteiger partial charge in [0.2, 0.25) is 0 Å². The van der Waals surface area contributed by atoms with E-state index in [1.165, 1.54) is 0 Å². The lowest BCUT2D eigenvalue weighted by Crippen LogP contribution is -2.22. The zero-order valence-electron chi connectivity index (χ0n) is 8.40. The van der Waals surface area contributed by atoms with Crippen molar-refractivity contribution in [3.8, 4) is 0 Å². The molecule has 2 heteroatoms. The summed E-state index contributed by atoms with van der Waals surface area (Å²) in [6.45, 7) is 10.8. The molecular formula is C9H21NO. The first kappa shape index (κ1) is 13.2. The lowest BCUT2D eigenvalue weighted by Gasteiger charge is -1.94. The third-order valence-corrected chi connectivity index (χ3v) is 1.30. The van der Waals surface area contributed by atoms with E-state index in [4.69, 9.17) is 0 Å². The SMILES string of the molecule is CC.CC.CC1NCCC1=O. The minimum Gasteiger partial charge on any atom is -0.307 e. The highest BCUT2D eigenvalue weighted by Gasteiger charge is 2.17. The van der Waals surface area contributed by atoms with Crippen LogP contribution >= 0.6 is 0 Å². The average Bonchev–Trinajstić information content (AvgIpc) is 2.44. The Morgan fingerprint density at radius 2 is 1.73 bits per heavy atom. The molecule has 0 bridgehead atoms. The average molecular weight is 159 g/mol. The van der Waals surface area contributed by atoms with Crippen LogP contribution in [0, 0.1) is 0 Å². The number of nitrogens with one attached hydrogen (secondary N) is 1. The van der Waals surface area contributed by atoms with E-state index < -0.39 is 0 Å². The Labute approximate surface area is 70.4 Å². The van der Waals surface area contributed by atoms with Crippen molar-refractivity contribution in [3.05, 3.63) is 0 Å². The second-order valence-corrected chi connectivity index (χ2v) is 1.89. The number of carbonyl (C=O) groups is 1. The van der Waals surface area contributed by atoms with E-state index in [1.54, 1.807) is 0 Å². The van der Waals surface area contributed by atoms with Crippen LogP contribution in [-0.4, -0.2) is 18.4 Å². The Morgan fingerprint density at radius 1 is 1.27 bits per heavy atom. The van der Waals surface area contributed by atoms with Gasteiger partial charge < -0.3 is 5.32 Å². The molecule has 2 nitrogen and oxygen atoms in total. The minimum atomic E-state index is 0.125. The van der Waals surface area contributed by atoms with Crippen LogP contribution in [0.25, 0.3) is 0 Å². The Morgan fingerprint density at radius 3 is 1.82 bits per heavy atom. The highest BCUT2D eigenvalue weighted by molar-refractivity contribution is 5.85. The van der Waals surface area contributed by atoms with E-state index in [0.29, 0.717) is 5.78 Å². The predicted octanol–water partition coefficient (Wildman–Crippen LogP) is 1.99. The van der Waals surface area contributed by atoms with E-state index in [9.17, 15) is 4.79 Å².